The smallest absolute Gasteiger partial charge is 0.227 e. The first-order chi connectivity index (χ1) is 9.69. The van der Waals surface area contributed by atoms with Crippen LogP contribution in [0, 0.1) is 5.92 Å². The first-order valence-electron chi connectivity index (χ1n) is 6.91. The first-order valence-corrected chi connectivity index (χ1v) is 7.28. The predicted molar refractivity (Wildman–Crippen MR) is 80.0 cm³/mol. The number of hydrogen-bond acceptors (Lipinski definition) is 3. The highest BCUT2D eigenvalue weighted by Gasteiger charge is 2.21. The van der Waals surface area contributed by atoms with Crippen molar-refractivity contribution in [2.24, 2.45) is 5.92 Å². The molecular formula is C15H21ClN2O2. The van der Waals surface area contributed by atoms with Gasteiger partial charge in [0.1, 0.15) is 0 Å². The second-order valence-electron chi connectivity index (χ2n) is 5.17. The lowest BCUT2D eigenvalue weighted by Crippen LogP contribution is -2.37. The molecule has 4 nitrogen and oxygen atoms in total. The van der Waals surface area contributed by atoms with Crippen LogP contribution in [0.5, 0.6) is 0 Å². The largest absolute Gasteiger partial charge is 0.384 e. The molecule has 0 aliphatic carbocycles. The summed E-state index contributed by atoms with van der Waals surface area (Å²) in [5.41, 5.74) is 1.000. The van der Waals surface area contributed by atoms with Crippen LogP contribution in [0.3, 0.4) is 0 Å². The third-order valence-corrected chi connectivity index (χ3v) is 3.75. The van der Waals surface area contributed by atoms with Crippen molar-refractivity contribution in [1.82, 2.24) is 10.2 Å². The molecule has 1 amide bonds. The highest BCUT2D eigenvalue weighted by atomic mass is 35.5. The van der Waals surface area contributed by atoms with Gasteiger partial charge in [0, 0.05) is 44.2 Å². The zero-order chi connectivity index (χ0) is 14.4. The van der Waals surface area contributed by atoms with Gasteiger partial charge in [-0.2, -0.15) is 0 Å². The Bertz CT molecular complexity index is 436. The van der Waals surface area contributed by atoms with Gasteiger partial charge in [-0.15, -0.1) is 0 Å². The Morgan fingerprint density at radius 2 is 2.20 bits per heavy atom. The summed E-state index contributed by atoms with van der Waals surface area (Å²) < 4.78 is 5.20. The van der Waals surface area contributed by atoms with Crippen LogP contribution in [0.4, 0.5) is 0 Å². The van der Waals surface area contributed by atoms with E-state index in [9.17, 15) is 4.79 Å². The molecule has 0 aromatic heterocycles. The monoisotopic (exact) mass is 296 g/mol. The molecule has 0 radical (unpaired) electrons. The lowest BCUT2D eigenvalue weighted by molar-refractivity contribution is -0.130. The quantitative estimate of drug-likeness (QED) is 0.917. The summed E-state index contributed by atoms with van der Waals surface area (Å²) in [6.07, 6.45) is 0.427. The van der Waals surface area contributed by atoms with Crippen molar-refractivity contribution in [1.29, 1.82) is 0 Å². The van der Waals surface area contributed by atoms with Crippen LogP contribution in [0.25, 0.3) is 0 Å². The van der Waals surface area contributed by atoms with Gasteiger partial charge in [0.2, 0.25) is 5.91 Å². The van der Waals surface area contributed by atoms with Crippen LogP contribution >= 0.6 is 11.6 Å². The molecule has 0 bridgehead atoms. The maximum absolute atomic E-state index is 12.4. The minimum atomic E-state index is 0.164. The lowest BCUT2D eigenvalue weighted by Gasteiger charge is -2.23. The second-order valence-corrected chi connectivity index (χ2v) is 5.60. The Morgan fingerprint density at radius 3 is 2.90 bits per heavy atom. The van der Waals surface area contributed by atoms with E-state index >= 15 is 0 Å². The molecule has 1 atom stereocenters. The third kappa shape index (κ3) is 4.47. The zero-order valence-corrected chi connectivity index (χ0v) is 12.5. The number of hydrogen-bond donors (Lipinski definition) is 1. The van der Waals surface area contributed by atoms with Crippen LogP contribution in [-0.4, -0.2) is 50.7 Å². The van der Waals surface area contributed by atoms with Crippen molar-refractivity contribution < 1.29 is 9.53 Å². The summed E-state index contributed by atoms with van der Waals surface area (Å²) in [6.45, 7) is 3.93. The van der Waals surface area contributed by atoms with Gasteiger partial charge in [0.25, 0.3) is 0 Å². The van der Waals surface area contributed by atoms with Crippen molar-refractivity contribution in [3.05, 3.63) is 34.9 Å². The molecule has 1 aromatic rings. The van der Waals surface area contributed by atoms with Gasteiger partial charge >= 0.3 is 0 Å². The SMILES string of the molecule is COCC1CNCCN(C(=O)Cc2ccc(Cl)cc2)C1. The fourth-order valence-corrected chi connectivity index (χ4v) is 2.58. The molecule has 0 spiro atoms. The average Bonchev–Trinajstić information content (AvgIpc) is 2.67. The molecule has 20 heavy (non-hydrogen) atoms. The van der Waals surface area contributed by atoms with E-state index in [4.69, 9.17) is 16.3 Å². The number of nitrogens with zero attached hydrogens (tertiary/aromatic N) is 1. The molecule has 1 heterocycles. The summed E-state index contributed by atoms with van der Waals surface area (Å²) in [5, 5.41) is 4.04. The summed E-state index contributed by atoms with van der Waals surface area (Å²) in [6, 6.07) is 7.45. The van der Waals surface area contributed by atoms with Gasteiger partial charge in [0.15, 0.2) is 0 Å². The van der Waals surface area contributed by atoms with Gasteiger partial charge in [-0.05, 0) is 17.7 Å². The number of benzene rings is 1. The molecular weight excluding hydrogens is 276 g/mol. The summed E-state index contributed by atoms with van der Waals surface area (Å²) in [5.74, 6) is 0.522. The van der Waals surface area contributed by atoms with Crippen LogP contribution < -0.4 is 5.32 Å². The molecule has 5 heteroatoms. The van der Waals surface area contributed by atoms with Crippen LogP contribution in [0.1, 0.15) is 5.56 Å². The average molecular weight is 297 g/mol. The van der Waals surface area contributed by atoms with E-state index in [0.717, 1.165) is 31.7 Å². The Balaban J connectivity index is 1.94. The van der Waals surface area contributed by atoms with Crippen LogP contribution in [0.15, 0.2) is 24.3 Å². The van der Waals surface area contributed by atoms with Crippen LogP contribution in [0.2, 0.25) is 5.02 Å². The molecule has 1 aliphatic rings. The number of rotatable bonds is 4. The van der Waals surface area contributed by atoms with Crippen molar-refractivity contribution in [3.8, 4) is 0 Å². The minimum absolute atomic E-state index is 0.164. The van der Waals surface area contributed by atoms with Crippen LogP contribution in [-0.2, 0) is 16.0 Å². The molecule has 1 aliphatic heterocycles. The number of carbonyl (C=O) groups is 1. The van der Waals surface area contributed by atoms with Crippen molar-refractivity contribution >= 4 is 17.5 Å². The number of methoxy groups -OCH3 is 1. The van der Waals surface area contributed by atoms with E-state index in [1.165, 1.54) is 0 Å². The molecule has 1 N–H and O–H groups in total. The lowest BCUT2D eigenvalue weighted by atomic mass is 10.1. The molecule has 1 fully saturated rings. The number of halogens is 1. The molecule has 110 valence electrons. The number of nitrogens with one attached hydrogen (secondary N) is 1. The van der Waals surface area contributed by atoms with Crippen molar-refractivity contribution in [2.75, 3.05) is 39.9 Å². The van der Waals surface area contributed by atoms with E-state index < -0.39 is 0 Å². The van der Waals surface area contributed by atoms with Gasteiger partial charge in [-0.25, -0.2) is 0 Å². The van der Waals surface area contributed by atoms with Crippen molar-refractivity contribution in [3.63, 3.8) is 0 Å². The number of amides is 1. The highest BCUT2D eigenvalue weighted by Crippen LogP contribution is 2.12. The Hall–Kier alpha value is -1.10. The normalized spacial score (nSPS) is 19.7. The zero-order valence-electron chi connectivity index (χ0n) is 11.8. The standard InChI is InChI=1S/C15H21ClN2O2/c1-20-11-13-9-17-6-7-18(10-13)15(19)8-12-2-4-14(16)5-3-12/h2-5,13,17H,6-11H2,1H3. The van der Waals surface area contributed by atoms with E-state index in [2.05, 4.69) is 5.32 Å². The molecule has 2 rings (SSSR count). The van der Waals surface area contributed by atoms with E-state index in [-0.39, 0.29) is 5.91 Å². The fourth-order valence-electron chi connectivity index (χ4n) is 2.45. The van der Waals surface area contributed by atoms with Gasteiger partial charge in [-0.3, -0.25) is 4.79 Å². The molecule has 1 unspecified atom stereocenters. The Morgan fingerprint density at radius 1 is 1.45 bits per heavy atom. The Kier molecular flexibility index (Phi) is 5.83. The van der Waals surface area contributed by atoms with E-state index in [1.54, 1.807) is 7.11 Å². The number of carbonyl (C=O) groups excluding carboxylic acids is 1. The summed E-state index contributed by atoms with van der Waals surface area (Å²) >= 11 is 5.85. The minimum Gasteiger partial charge on any atom is -0.384 e. The fraction of sp³-hybridized carbons (Fsp3) is 0.533. The summed E-state index contributed by atoms with van der Waals surface area (Å²) in [7, 11) is 1.70. The Labute approximate surface area is 125 Å². The second kappa shape index (κ2) is 7.62. The van der Waals surface area contributed by atoms with Gasteiger partial charge in [0.05, 0.1) is 13.0 Å². The highest BCUT2D eigenvalue weighted by molar-refractivity contribution is 6.30. The molecule has 1 saturated heterocycles. The summed E-state index contributed by atoms with van der Waals surface area (Å²) in [4.78, 5) is 14.3. The molecule has 1 aromatic carbocycles. The third-order valence-electron chi connectivity index (χ3n) is 3.49. The maximum Gasteiger partial charge on any atom is 0.227 e. The topological polar surface area (TPSA) is 41.6 Å². The van der Waals surface area contributed by atoms with Gasteiger partial charge in [-0.1, -0.05) is 23.7 Å². The van der Waals surface area contributed by atoms with E-state index in [1.807, 2.05) is 29.2 Å². The maximum atomic E-state index is 12.4. The predicted octanol–water partition coefficient (Wildman–Crippen LogP) is 1.58. The first kappa shape index (κ1) is 15.3. The van der Waals surface area contributed by atoms with Gasteiger partial charge < -0.3 is 15.0 Å². The van der Waals surface area contributed by atoms with E-state index in [0.29, 0.717) is 24.0 Å². The number of ether oxygens (including phenoxy) is 1. The molecule has 0 saturated carbocycles. The van der Waals surface area contributed by atoms with Crippen molar-refractivity contribution in [2.45, 2.75) is 6.42 Å².